The van der Waals surface area contributed by atoms with Crippen LogP contribution < -0.4 is 4.72 Å². The number of alkyl halides is 2. The molecule has 2 rings (SSSR count). The van der Waals surface area contributed by atoms with Gasteiger partial charge in [-0.15, -0.1) is 11.3 Å². The van der Waals surface area contributed by atoms with Crippen LogP contribution in [-0.2, 0) is 10.0 Å². The molecule has 0 aliphatic rings. The Morgan fingerprint density at radius 2 is 2.00 bits per heavy atom. The molecule has 0 bridgehead atoms. The van der Waals surface area contributed by atoms with Gasteiger partial charge in [-0.2, -0.15) is 8.78 Å². The minimum absolute atomic E-state index is 0.128. The van der Waals surface area contributed by atoms with Gasteiger partial charge in [0.2, 0.25) is 0 Å². The first-order valence-corrected chi connectivity index (χ1v) is 9.59. The van der Waals surface area contributed by atoms with E-state index in [4.69, 9.17) is 0 Å². The monoisotopic (exact) mass is 413 g/mol. The maximum atomic E-state index is 12.5. The van der Waals surface area contributed by atoms with E-state index in [1.165, 1.54) is 18.2 Å². The fraction of sp³-hybridized carbons (Fsp3) is 0.167. The number of rotatable bonds is 5. The fourth-order valence-electron chi connectivity index (χ4n) is 1.51. The summed E-state index contributed by atoms with van der Waals surface area (Å²) in [4.78, 5) is 0.184. The Hall–Kier alpha value is -0.640. The van der Waals surface area contributed by atoms with E-state index in [9.17, 15) is 17.2 Å². The zero-order valence-electron chi connectivity index (χ0n) is 10.6. The minimum Gasteiger partial charge on any atom is -0.278 e. The van der Waals surface area contributed by atoms with Crippen molar-refractivity contribution in [1.29, 1.82) is 0 Å². The molecule has 0 atom stereocenters. The van der Waals surface area contributed by atoms with Gasteiger partial charge in [0, 0.05) is 4.90 Å². The molecule has 0 unspecified atom stereocenters. The third-order valence-electron chi connectivity index (χ3n) is 2.45. The lowest BCUT2D eigenvalue weighted by atomic mass is 10.3. The van der Waals surface area contributed by atoms with Crippen LogP contribution in [0.25, 0.3) is 0 Å². The number of halogens is 3. The molecule has 1 heterocycles. The van der Waals surface area contributed by atoms with Gasteiger partial charge < -0.3 is 0 Å². The normalized spacial score (nSPS) is 11.9. The van der Waals surface area contributed by atoms with E-state index in [0.29, 0.717) is 11.8 Å². The van der Waals surface area contributed by atoms with Crippen LogP contribution in [0.15, 0.2) is 43.2 Å². The molecule has 0 fully saturated rings. The van der Waals surface area contributed by atoms with Crippen LogP contribution in [0.3, 0.4) is 0 Å². The van der Waals surface area contributed by atoms with Gasteiger partial charge in [-0.1, -0.05) is 23.9 Å². The van der Waals surface area contributed by atoms with Gasteiger partial charge >= 0.3 is 0 Å². The van der Waals surface area contributed by atoms with Crippen molar-refractivity contribution in [1.82, 2.24) is 0 Å². The lowest BCUT2D eigenvalue weighted by Crippen LogP contribution is -2.12. The van der Waals surface area contributed by atoms with Crippen LogP contribution in [0.5, 0.6) is 0 Å². The maximum absolute atomic E-state index is 12.5. The summed E-state index contributed by atoms with van der Waals surface area (Å²) in [6, 6.07) is 7.60. The third kappa shape index (κ3) is 4.18. The van der Waals surface area contributed by atoms with E-state index in [0.717, 1.165) is 20.7 Å². The highest BCUT2D eigenvalue weighted by Gasteiger charge is 2.20. The predicted octanol–water partition coefficient (Wildman–Crippen LogP) is 4.93. The molecule has 2 aromatic rings. The summed E-state index contributed by atoms with van der Waals surface area (Å²) in [5, 5.41) is 0. The first-order valence-electron chi connectivity index (χ1n) is 5.62. The van der Waals surface area contributed by atoms with E-state index in [1.54, 1.807) is 19.1 Å². The Morgan fingerprint density at radius 3 is 2.57 bits per heavy atom. The highest BCUT2D eigenvalue weighted by Crippen LogP contribution is 2.35. The van der Waals surface area contributed by atoms with Gasteiger partial charge in [0.25, 0.3) is 15.8 Å². The number of sulfonamides is 1. The maximum Gasteiger partial charge on any atom is 0.288 e. The van der Waals surface area contributed by atoms with E-state index < -0.39 is 15.8 Å². The number of hydrogen-bond acceptors (Lipinski definition) is 4. The minimum atomic E-state index is -3.79. The number of anilines is 1. The molecule has 0 amide bonds. The lowest BCUT2D eigenvalue weighted by Gasteiger charge is -2.10. The van der Waals surface area contributed by atoms with Crippen molar-refractivity contribution < 1.29 is 17.2 Å². The summed E-state index contributed by atoms with van der Waals surface area (Å²) < 4.78 is 52.8. The summed E-state index contributed by atoms with van der Waals surface area (Å²) >= 11 is 4.64. The predicted molar refractivity (Wildman–Crippen MR) is 85.9 cm³/mol. The Labute approximate surface area is 137 Å². The summed E-state index contributed by atoms with van der Waals surface area (Å²) in [7, 11) is -3.79. The zero-order valence-corrected chi connectivity index (χ0v) is 14.7. The quantitative estimate of drug-likeness (QED) is 0.706. The SMILES string of the molecule is Cc1cc(S(=O)(=O)Nc2ccccc2SC(F)F)sc1Br. The molecular weight excluding hydrogens is 404 g/mol. The van der Waals surface area contributed by atoms with E-state index >= 15 is 0 Å². The zero-order chi connectivity index (χ0) is 15.6. The Kier molecular flexibility index (Phi) is 5.29. The van der Waals surface area contributed by atoms with Crippen molar-refractivity contribution in [2.75, 3.05) is 4.72 Å². The summed E-state index contributed by atoms with van der Waals surface area (Å²) in [5.41, 5.74) is 0.945. The second kappa shape index (κ2) is 6.64. The highest BCUT2D eigenvalue weighted by molar-refractivity contribution is 9.11. The third-order valence-corrected chi connectivity index (χ3v) is 7.21. The van der Waals surface area contributed by atoms with E-state index in [-0.39, 0.29) is 14.8 Å². The molecule has 1 aromatic heterocycles. The molecule has 1 N–H and O–H groups in total. The highest BCUT2D eigenvalue weighted by atomic mass is 79.9. The van der Waals surface area contributed by atoms with Crippen LogP contribution in [0, 0.1) is 6.92 Å². The van der Waals surface area contributed by atoms with Gasteiger partial charge in [0.05, 0.1) is 9.47 Å². The van der Waals surface area contributed by atoms with Crippen molar-refractivity contribution in [3.8, 4) is 0 Å². The van der Waals surface area contributed by atoms with Crippen LogP contribution in [0.4, 0.5) is 14.5 Å². The smallest absolute Gasteiger partial charge is 0.278 e. The largest absolute Gasteiger partial charge is 0.288 e. The van der Waals surface area contributed by atoms with Crippen LogP contribution >= 0.6 is 39.0 Å². The number of benzene rings is 1. The standard InChI is InChI=1S/C12H10BrF2NO2S3/c1-7-6-10(20-11(7)13)21(17,18)16-8-4-2-3-5-9(8)19-12(14)15/h2-6,12,16H,1H3. The molecule has 3 nitrogen and oxygen atoms in total. The second-order valence-corrected chi connectivity index (χ2v) is 9.31. The molecule has 21 heavy (non-hydrogen) atoms. The van der Waals surface area contributed by atoms with E-state index in [1.807, 2.05) is 0 Å². The first-order chi connectivity index (χ1) is 9.79. The van der Waals surface area contributed by atoms with Gasteiger partial charge in [0.1, 0.15) is 4.21 Å². The Balaban J connectivity index is 2.33. The summed E-state index contributed by atoms with van der Waals surface area (Å²) in [5.74, 6) is -2.62. The molecule has 114 valence electrons. The molecular formula is C12H10BrF2NO2S3. The van der Waals surface area contributed by atoms with Crippen LogP contribution in [-0.4, -0.2) is 14.2 Å². The number of aryl methyl sites for hydroxylation is 1. The van der Waals surface area contributed by atoms with Crippen LogP contribution in [0.2, 0.25) is 0 Å². The van der Waals surface area contributed by atoms with Crippen molar-refractivity contribution in [2.24, 2.45) is 0 Å². The average Bonchev–Trinajstić information content (AvgIpc) is 2.72. The molecule has 9 heteroatoms. The molecule has 0 aliphatic heterocycles. The average molecular weight is 414 g/mol. The molecule has 1 aromatic carbocycles. The van der Waals surface area contributed by atoms with Gasteiger partial charge in [-0.3, -0.25) is 4.72 Å². The topological polar surface area (TPSA) is 46.2 Å². The van der Waals surface area contributed by atoms with Crippen molar-refractivity contribution in [2.45, 2.75) is 21.8 Å². The first kappa shape index (κ1) is 16.7. The number of thiophene rings is 1. The van der Waals surface area contributed by atoms with Crippen molar-refractivity contribution >= 4 is 54.7 Å². The number of nitrogens with one attached hydrogen (secondary N) is 1. The Morgan fingerprint density at radius 1 is 1.33 bits per heavy atom. The summed E-state index contributed by atoms with van der Waals surface area (Å²) in [6.45, 7) is 1.78. The summed E-state index contributed by atoms with van der Waals surface area (Å²) in [6.07, 6.45) is 0. The number of thioether (sulfide) groups is 1. The number of para-hydroxylation sites is 1. The Bertz CT molecular complexity index is 727. The van der Waals surface area contributed by atoms with Crippen molar-refractivity contribution in [3.63, 3.8) is 0 Å². The fourth-order valence-corrected chi connectivity index (χ4v) is 5.47. The molecule has 0 saturated heterocycles. The van der Waals surface area contributed by atoms with Gasteiger partial charge in [-0.25, -0.2) is 8.42 Å². The molecule has 0 saturated carbocycles. The molecule has 0 spiro atoms. The molecule has 0 aliphatic carbocycles. The van der Waals surface area contributed by atoms with Crippen molar-refractivity contribution in [3.05, 3.63) is 39.7 Å². The van der Waals surface area contributed by atoms with E-state index in [2.05, 4.69) is 20.7 Å². The lowest BCUT2D eigenvalue weighted by molar-refractivity contribution is 0.252. The van der Waals surface area contributed by atoms with Gasteiger partial charge in [-0.05, 0) is 46.6 Å². The van der Waals surface area contributed by atoms with Crippen LogP contribution in [0.1, 0.15) is 5.56 Å². The second-order valence-electron chi connectivity index (χ2n) is 4.00. The molecule has 0 radical (unpaired) electrons. The number of hydrogen-bond donors (Lipinski definition) is 1. The van der Waals surface area contributed by atoms with Gasteiger partial charge in [0.15, 0.2) is 0 Å².